The number of nitrogens with zero attached hydrogens (tertiary/aromatic N) is 2. The molecule has 3 N–H and O–H groups in total. The van der Waals surface area contributed by atoms with Crippen molar-refractivity contribution in [1.29, 1.82) is 0 Å². The molecule has 0 aliphatic carbocycles. The van der Waals surface area contributed by atoms with Gasteiger partial charge in [-0.15, -0.1) is 0 Å². The number of ether oxygens (including phenoxy) is 1. The number of nitrogens with two attached hydrogens (primary N) is 1. The zero-order valence-corrected chi connectivity index (χ0v) is 13.2. The van der Waals surface area contributed by atoms with Crippen molar-refractivity contribution in [3.8, 4) is 0 Å². The maximum absolute atomic E-state index is 5.99. The van der Waals surface area contributed by atoms with E-state index in [0.29, 0.717) is 12.5 Å². The van der Waals surface area contributed by atoms with Crippen molar-refractivity contribution in [1.82, 2.24) is 4.90 Å². The third-order valence-electron chi connectivity index (χ3n) is 3.79. The van der Waals surface area contributed by atoms with Gasteiger partial charge in [0.25, 0.3) is 0 Å². The zero-order chi connectivity index (χ0) is 15.3. The Labute approximate surface area is 127 Å². The Morgan fingerprint density at radius 1 is 1.38 bits per heavy atom. The highest BCUT2D eigenvalue weighted by molar-refractivity contribution is 5.92. The number of aliphatic imine (C=N–C) groups is 1. The minimum atomic E-state index is -0.0112. The van der Waals surface area contributed by atoms with Crippen molar-refractivity contribution < 1.29 is 4.74 Å². The molecule has 0 bridgehead atoms. The van der Waals surface area contributed by atoms with E-state index in [2.05, 4.69) is 48.1 Å². The van der Waals surface area contributed by atoms with E-state index in [1.54, 1.807) is 0 Å². The Kier molecular flexibility index (Phi) is 5.20. The van der Waals surface area contributed by atoms with Gasteiger partial charge in [0.1, 0.15) is 0 Å². The molecule has 1 saturated heterocycles. The van der Waals surface area contributed by atoms with Crippen molar-refractivity contribution in [3.05, 3.63) is 29.8 Å². The average molecular weight is 290 g/mol. The van der Waals surface area contributed by atoms with Gasteiger partial charge in [0, 0.05) is 24.3 Å². The summed E-state index contributed by atoms with van der Waals surface area (Å²) in [5.74, 6) is 0.460. The Morgan fingerprint density at radius 3 is 2.76 bits per heavy atom. The van der Waals surface area contributed by atoms with E-state index in [1.165, 1.54) is 5.56 Å². The summed E-state index contributed by atoms with van der Waals surface area (Å²) >= 11 is 0. The maximum Gasteiger partial charge on any atom is 0.193 e. The normalized spacial score (nSPS) is 17.8. The van der Waals surface area contributed by atoms with Gasteiger partial charge in [-0.1, -0.05) is 12.1 Å². The van der Waals surface area contributed by atoms with Gasteiger partial charge in [0.15, 0.2) is 5.96 Å². The zero-order valence-electron chi connectivity index (χ0n) is 13.2. The molecule has 1 fully saturated rings. The lowest BCUT2D eigenvalue weighted by atomic mass is 10.0. The number of nitrogens with one attached hydrogen (secondary N) is 1. The van der Waals surface area contributed by atoms with Gasteiger partial charge >= 0.3 is 0 Å². The van der Waals surface area contributed by atoms with Crippen LogP contribution in [0.4, 0.5) is 5.69 Å². The predicted molar refractivity (Wildman–Crippen MR) is 87.8 cm³/mol. The van der Waals surface area contributed by atoms with E-state index in [4.69, 9.17) is 10.5 Å². The molecule has 1 aromatic carbocycles. The smallest absolute Gasteiger partial charge is 0.193 e. The molecule has 1 aromatic rings. The molecule has 1 aliphatic heterocycles. The van der Waals surface area contributed by atoms with Gasteiger partial charge in [-0.2, -0.15) is 0 Å². The van der Waals surface area contributed by atoms with Gasteiger partial charge < -0.3 is 15.8 Å². The fraction of sp³-hybridized carbons (Fsp3) is 0.562. The van der Waals surface area contributed by atoms with Gasteiger partial charge in [0.2, 0.25) is 0 Å². The Hall–Kier alpha value is -1.59. The van der Waals surface area contributed by atoms with Gasteiger partial charge in [0.05, 0.1) is 19.8 Å². The van der Waals surface area contributed by atoms with Crippen molar-refractivity contribution in [2.24, 2.45) is 10.7 Å². The molecular formula is C16H26N4O. The molecule has 0 unspecified atom stereocenters. The summed E-state index contributed by atoms with van der Waals surface area (Å²) in [6.45, 7) is 10.6. The van der Waals surface area contributed by atoms with E-state index in [0.717, 1.165) is 32.0 Å². The molecule has 116 valence electrons. The number of morpholine rings is 1. The van der Waals surface area contributed by atoms with Crippen LogP contribution in [0, 0.1) is 6.92 Å². The SMILES string of the molecule is Cc1cccc(NC(N)=NCC(C)(C)N2CCOCC2)c1. The Bertz CT molecular complexity index is 493. The summed E-state index contributed by atoms with van der Waals surface area (Å²) in [7, 11) is 0. The molecule has 0 saturated carbocycles. The third kappa shape index (κ3) is 4.72. The van der Waals surface area contributed by atoms with E-state index in [1.807, 2.05) is 12.1 Å². The number of rotatable bonds is 4. The maximum atomic E-state index is 5.99. The number of hydrogen-bond donors (Lipinski definition) is 2. The highest BCUT2D eigenvalue weighted by Crippen LogP contribution is 2.16. The van der Waals surface area contributed by atoms with Crippen LogP contribution >= 0.6 is 0 Å². The van der Waals surface area contributed by atoms with Crippen LogP contribution in [0.1, 0.15) is 19.4 Å². The van der Waals surface area contributed by atoms with Crippen LogP contribution in [-0.4, -0.2) is 49.2 Å². The largest absolute Gasteiger partial charge is 0.379 e. The number of aryl methyl sites for hydroxylation is 1. The van der Waals surface area contributed by atoms with Crippen LogP contribution in [0.2, 0.25) is 0 Å². The molecule has 0 amide bonds. The van der Waals surface area contributed by atoms with E-state index >= 15 is 0 Å². The van der Waals surface area contributed by atoms with E-state index in [9.17, 15) is 0 Å². The molecule has 0 radical (unpaired) electrons. The second kappa shape index (κ2) is 6.91. The number of guanidine groups is 1. The van der Waals surface area contributed by atoms with Gasteiger partial charge in [-0.25, -0.2) is 0 Å². The van der Waals surface area contributed by atoms with Gasteiger partial charge in [-0.3, -0.25) is 9.89 Å². The van der Waals surface area contributed by atoms with Crippen LogP contribution in [0.5, 0.6) is 0 Å². The van der Waals surface area contributed by atoms with Crippen LogP contribution in [0.15, 0.2) is 29.3 Å². The third-order valence-corrected chi connectivity index (χ3v) is 3.79. The minimum Gasteiger partial charge on any atom is -0.379 e. The van der Waals surface area contributed by atoms with E-state index in [-0.39, 0.29) is 5.54 Å². The molecule has 1 heterocycles. The Balaban J connectivity index is 1.92. The van der Waals surface area contributed by atoms with Crippen LogP contribution in [-0.2, 0) is 4.74 Å². The number of hydrogen-bond acceptors (Lipinski definition) is 3. The lowest BCUT2D eigenvalue weighted by Crippen LogP contribution is -2.51. The monoisotopic (exact) mass is 290 g/mol. The molecule has 1 aliphatic rings. The summed E-state index contributed by atoms with van der Waals surface area (Å²) in [4.78, 5) is 6.90. The lowest BCUT2D eigenvalue weighted by molar-refractivity contribution is -0.00680. The van der Waals surface area contributed by atoms with Crippen LogP contribution in [0.25, 0.3) is 0 Å². The van der Waals surface area contributed by atoms with Crippen molar-refractivity contribution >= 4 is 11.6 Å². The highest BCUT2D eigenvalue weighted by atomic mass is 16.5. The predicted octanol–water partition coefficient (Wildman–Crippen LogP) is 1.83. The fourth-order valence-electron chi connectivity index (χ4n) is 2.46. The first-order valence-corrected chi connectivity index (χ1v) is 7.44. The molecular weight excluding hydrogens is 264 g/mol. The summed E-state index contributed by atoms with van der Waals surface area (Å²) in [6, 6.07) is 8.10. The average Bonchev–Trinajstić information content (AvgIpc) is 2.46. The molecule has 5 heteroatoms. The van der Waals surface area contributed by atoms with Crippen molar-refractivity contribution in [2.75, 3.05) is 38.2 Å². The number of anilines is 1. The summed E-state index contributed by atoms with van der Waals surface area (Å²) in [5, 5.41) is 3.14. The van der Waals surface area contributed by atoms with Gasteiger partial charge in [-0.05, 0) is 38.5 Å². The first-order chi connectivity index (χ1) is 9.97. The standard InChI is InChI=1S/C16H26N4O/c1-13-5-4-6-14(11-13)19-15(17)18-12-16(2,3)20-7-9-21-10-8-20/h4-6,11H,7-10,12H2,1-3H3,(H3,17,18,19). The molecule has 21 heavy (non-hydrogen) atoms. The molecule has 0 aromatic heterocycles. The Morgan fingerprint density at radius 2 is 2.10 bits per heavy atom. The quantitative estimate of drug-likeness (QED) is 0.656. The second-order valence-electron chi connectivity index (χ2n) is 6.11. The molecule has 5 nitrogen and oxygen atoms in total. The molecule has 2 rings (SSSR count). The summed E-state index contributed by atoms with van der Waals surface area (Å²) < 4.78 is 5.40. The van der Waals surface area contributed by atoms with Crippen LogP contribution < -0.4 is 11.1 Å². The minimum absolute atomic E-state index is 0.0112. The first-order valence-electron chi connectivity index (χ1n) is 7.44. The first kappa shape index (κ1) is 15.8. The fourth-order valence-corrected chi connectivity index (χ4v) is 2.46. The van der Waals surface area contributed by atoms with Crippen LogP contribution in [0.3, 0.4) is 0 Å². The summed E-state index contributed by atoms with van der Waals surface area (Å²) in [5.41, 5.74) is 8.15. The topological polar surface area (TPSA) is 62.9 Å². The highest BCUT2D eigenvalue weighted by Gasteiger charge is 2.27. The number of benzene rings is 1. The lowest BCUT2D eigenvalue weighted by Gasteiger charge is -2.39. The summed E-state index contributed by atoms with van der Waals surface area (Å²) in [6.07, 6.45) is 0. The second-order valence-corrected chi connectivity index (χ2v) is 6.11. The molecule has 0 spiro atoms. The van der Waals surface area contributed by atoms with Crippen molar-refractivity contribution in [2.45, 2.75) is 26.3 Å². The van der Waals surface area contributed by atoms with E-state index < -0.39 is 0 Å². The van der Waals surface area contributed by atoms with Crippen molar-refractivity contribution in [3.63, 3.8) is 0 Å². The molecule has 0 atom stereocenters.